The van der Waals surface area contributed by atoms with Gasteiger partial charge in [0.05, 0.1) is 13.7 Å². The molecule has 152 valence electrons. The average molecular weight is 405 g/mol. The van der Waals surface area contributed by atoms with Crippen LogP contribution in [0.1, 0.15) is 37.3 Å². The topological polar surface area (TPSA) is 65.0 Å². The van der Waals surface area contributed by atoms with Crippen LogP contribution in [0.15, 0.2) is 41.3 Å². The Morgan fingerprint density at radius 1 is 1.14 bits per heavy atom. The molecular formula is C22H28O5S. The highest BCUT2D eigenvalue weighted by atomic mass is 32.2. The molecule has 1 atom stereocenters. The number of carbonyl (C=O) groups is 1. The van der Waals surface area contributed by atoms with Crippen molar-refractivity contribution >= 4 is 17.7 Å². The molecule has 2 rings (SSSR count). The van der Waals surface area contributed by atoms with E-state index in [1.165, 1.54) is 5.56 Å². The molecule has 2 aromatic carbocycles. The Hall–Kier alpha value is -2.34. The van der Waals surface area contributed by atoms with Crippen molar-refractivity contribution in [1.82, 2.24) is 0 Å². The highest BCUT2D eigenvalue weighted by Crippen LogP contribution is 2.35. The molecule has 5 nitrogen and oxygen atoms in total. The van der Waals surface area contributed by atoms with E-state index < -0.39 is 5.97 Å². The smallest absolute Gasteiger partial charge is 0.341 e. The van der Waals surface area contributed by atoms with E-state index in [0.717, 1.165) is 28.4 Å². The Morgan fingerprint density at radius 3 is 2.46 bits per heavy atom. The van der Waals surface area contributed by atoms with Gasteiger partial charge in [-0.3, -0.25) is 0 Å². The maximum Gasteiger partial charge on any atom is 0.341 e. The van der Waals surface area contributed by atoms with Gasteiger partial charge in [-0.15, -0.1) is 11.8 Å². The zero-order valence-electron chi connectivity index (χ0n) is 16.9. The lowest BCUT2D eigenvalue weighted by molar-refractivity contribution is -0.139. The number of hydrogen-bond donors (Lipinski definition) is 1. The molecule has 0 heterocycles. The Balaban J connectivity index is 1.89. The second-order valence-corrected chi connectivity index (χ2v) is 7.66. The molecule has 6 heteroatoms. The molecule has 0 aliphatic rings. The van der Waals surface area contributed by atoms with Crippen LogP contribution in [0.2, 0.25) is 0 Å². The molecule has 0 aliphatic heterocycles. The Bertz CT molecular complexity index is 773. The molecule has 0 radical (unpaired) electrons. The van der Waals surface area contributed by atoms with E-state index in [1.54, 1.807) is 24.9 Å². The van der Waals surface area contributed by atoms with Crippen LogP contribution in [-0.4, -0.2) is 37.2 Å². The van der Waals surface area contributed by atoms with E-state index in [1.807, 2.05) is 25.1 Å². The molecule has 0 amide bonds. The summed E-state index contributed by atoms with van der Waals surface area (Å²) in [7, 11) is 1.59. The van der Waals surface area contributed by atoms with Crippen molar-refractivity contribution in [3.63, 3.8) is 0 Å². The Morgan fingerprint density at radius 2 is 1.86 bits per heavy atom. The van der Waals surface area contributed by atoms with Crippen molar-refractivity contribution < 1.29 is 24.1 Å². The molecule has 1 unspecified atom stereocenters. The summed E-state index contributed by atoms with van der Waals surface area (Å²) in [5.41, 5.74) is 2.20. The summed E-state index contributed by atoms with van der Waals surface area (Å²) in [6, 6.07) is 12.0. The number of methoxy groups -OCH3 is 1. The van der Waals surface area contributed by atoms with E-state index in [9.17, 15) is 4.79 Å². The molecule has 0 aliphatic carbocycles. The van der Waals surface area contributed by atoms with Gasteiger partial charge in [0.25, 0.3) is 0 Å². The lowest BCUT2D eigenvalue weighted by atomic mass is 9.99. The van der Waals surface area contributed by atoms with E-state index >= 15 is 0 Å². The predicted octanol–water partition coefficient (Wildman–Crippen LogP) is 5.15. The molecule has 0 fully saturated rings. The summed E-state index contributed by atoms with van der Waals surface area (Å²) < 4.78 is 16.6. The molecule has 1 N–H and O–H groups in total. The third-order valence-electron chi connectivity index (χ3n) is 4.48. The van der Waals surface area contributed by atoms with Crippen molar-refractivity contribution in [2.45, 2.75) is 38.0 Å². The average Bonchev–Trinajstić information content (AvgIpc) is 2.70. The molecule has 0 bridgehead atoms. The van der Waals surface area contributed by atoms with Gasteiger partial charge < -0.3 is 19.3 Å². The van der Waals surface area contributed by atoms with Crippen LogP contribution >= 0.6 is 11.8 Å². The zero-order chi connectivity index (χ0) is 20.5. The van der Waals surface area contributed by atoms with E-state index in [0.29, 0.717) is 24.0 Å². The highest BCUT2D eigenvalue weighted by molar-refractivity contribution is 7.99. The van der Waals surface area contributed by atoms with Crippen molar-refractivity contribution in [2.24, 2.45) is 0 Å². The molecular weight excluding hydrogens is 376 g/mol. The third kappa shape index (κ3) is 6.37. The first kappa shape index (κ1) is 22.0. The maximum atomic E-state index is 10.7. The summed E-state index contributed by atoms with van der Waals surface area (Å²) in [6.07, 6.45) is 1.12. The largest absolute Gasteiger partial charge is 0.495 e. The highest BCUT2D eigenvalue weighted by Gasteiger charge is 2.11. The normalized spacial score (nSPS) is 11.7. The monoisotopic (exact) mass is 404 g/mol. The second kappa shape index (κ2) is 10.9. The first-order valence-corrected chi connectivity index (χ1v) is 10.3. The number of ether oxygens (including phenoxy) is 3. The summed E-state index contributed by atoms with van der Waals surface area (Å²) in [4.78, 5) is 11.7. The fourth-order valence-corrected chi connectivity index (χ4v) is 3.58. The molecule has 0 spiro atoms. The van der Waals surface area contributed by atoms with Crippen molar-refractivity contribution in [3.8, 4) is 17.2 Å². The Kier molecular flexibility index (Phi) is 8.51. The van der Waals surface area contributed by atoms with Gasteiger partial charge in [0.2, 0.25) is 0 Å². The first-order valence-electron chi connectivity index (χ1n) is 9.33. The van der Waals surface area contributed by atoms with Gasteiger partial charge in [-0.05, 0) is 48.6 Å². The van der Waals surface area contributed by atoms with Crippen LogP contribution in [0.3, 0.4) is 0 Å². The summed E-state index contributed by atoms with van der Waals surface area (Å²) in [6.45, 7) is 6.50. The van der Waals surface area contributed by atoms with Crippen LogP contribution in [0, 0.1) is 6.92 Å². The van der Waals surface area contributed by atoms with Gasteiger partial charge in [0.1, 0.15) is 17.2 Å². The van der Waals surface area contributed by atoms with Crippen LogP contribution in [0.4, 0.5) is 0 Å². The Labute approximate surface area is 171 Å². The number of carboxylic acids is 1. The standard InChI is InChI=1S/C22H28O5S/c1-5-15(2)17-6-8-18(9-7-17)26-10-11-28-21-12-16(3)19(13-20(21)25-4)27-14-22(23)24/h6-9,12-13,15H,5,10-11,14H2,1-4H3,(H,23,24). The minimum Gasteiger partial charge on any atom is -0.495 e. The molecule has 0 aromatic heterocycles. The van der Waals surface area contributed by atoms with Crippen LogP contribution in [0.5, 0.6) is 17.2 Å². The number of aryl methyl sites for hydroxylation is 1. The van der Waals surface area contributed by atoms with E-state index in [-0.39, 0.29) is 6.61 Å². The van der Waals surface area contributed by atoms with Crippen molar-refractivity contribution in [2.75, 3.05) is 26.1 Å². The van der Waals surface area contributed by atoms with Crippen LogP contribution < -0.4 is 14.2 Å². The van der Waals surface area contributed by atoms with Gasteiger partial charge in [-0.1, -0.05) is 26.0 Å². The maximum absolute atomic E-state index is 10.7. The fraction of sp³-hybridized carbons (Fsp3) is 0.409. The van der Waals surface area contributed by atoms with Gasteiger partial charge in [0.15, 0.2) is 6.61 Å². The van der Waals surface area contributed by atoms with E-state index in [2.05, 4.69) is 26.0 Å². The quantitative estimate of drug-likeness (QED) is 0.413. The first-order chi connectivity index (χ1) is 13.4. The summed E-state index contributed by atoms with van der Waals surface area (Å²) >= 11 is 1.63. The van der Waals surface area contributed by atoms with Crippen LogP contribution in [-0.2, 0) is 4.79 Å². The summed E-state index contributed by atoms with van der Waals surface area (Å²) in [5, 5.41) is 8.76. The molecule has 0 saturated heterocycles. The van der Waals surface area contributed by atoms with E-state index in [4.69, 9.17) is 19.3 Å². The van der Waals surface area contributed by atoms with Crippen molar-refractivity contribution in [3.05, 3.63) is 47.5 Å². The van der Waals surface area contributed by atoms with Gasteiger partial charge >= 0.3 is 5.97 Å². The minimum atomic E-state index is -1.01. The summed E-state index contributed by atoms with van der Waals surface area (Å²) in [5.74, 6) is 2.36. The van der Waals surface area contributed by atoms with Gasteiger partial charge in [-0.2, -0.15) is 0 Å². The lowest BCUT2D eigenvalue weighted by Gasteiger charge is -2.14. The number of aliphatic carboxylic acids is 1. The zero-order valence-corrected chi connectivity index (χ0v) is 17.7. The predicted molar refractivity (Wildman–Crippen MR) is 112 cm³/mol. The minimum absolute atomic E-state index is 0.375. The van der Waals surface area contributed by atoms with Crippen LogP contribution in [0.25, 0.3) is 0 Å². The number of thioether (sulfide) groups is 1. The molecule has 2 aromatic rings. The third-order valence-corrected chi connectivity index (χ3v) is 5.48. The number of carboxylic acid groups (broad SMARTS) is 1. The van der Waals surface area contributed by atoms with Crippen molar-refractivity contribution in [1.29, 1.82) is 0 Å². The lowest BCUT2D eigenvalue weighted by Crippen LogP contribution is -2.10. The fourth-order valence-electron chi connectivity index (χ4n) is 2.65. The number of hydrogen-bond acceptors (Lipinski definition) is 5. The molecule has 28 heavy (non-hydrogen) atoms. The second-order valence-electron chi connectivity index (χ2n) is 6.53. The number of benzene rings is 2. The van der Waals surface area contributed by atoms with Gasteiger partial charge in [-0.25, -0.2) is 4.79 Å². The SMILES string of the molecule is CCC(C)c1ccc(OCCSc2cc(C)c(OCC(=O)O)cc2OC)cc1. The molecule has 0 saturated carbocycles. The van der Waals surface area contributed by atoms with Gasteiger partial charge in [0, 0.05) is 16.7 Å². The number of rotatable bonds is 11.